The van der Waals surface area contributed by atoms with Gasteiger partial charge in [0.25, 0.3) is 0 Å². The summed E-state index contributed by atoms with van der Waals surface area (Å²) in [7, 11) is 0. The average Bonchev–Trinajstić information content (AvgIpc) is 2.40. The maximum Gasteiger partial charge on any atom is 0.207 e. The van der Waals surface area contributed by atoms with E-state index in [-0.39, 0.29) is 23.8 Å². The lowest BCUT2D eigenvalue weighted by Crippen LogP contribution is -2.11. The first-order chi connectivity index (χ1) is 8.66. The summed E-state index contributed by atoms with van der Waals surface area (Å²) in [5.41, 5.74) is 0.527. The predicted molar refractivity (Wildman–Crippen MR) is 74.5 cm³/mol. The minimum absolute atomic E-state index is 0.0800. The fraction of sp³-hybridized carbons (Fsp3) is 0.0769. The van der Waals surface area contributed by atoms with Gasteiger partial charge in [-0.25, -0.2) is 9.97 Å². The number of aromatic nitrogens is 2. The Morgan fingerprint density at radius 2 is 1.61 bits per heavy atom. The highest BCUT2D eigenvalue weighted by Crippen LogP contribution is 2.10. The fourth-order valence-corrected chi connectivity index (χ4v) is 1.77. The summed E-state index contributed by atoms with van der Waals surface area (Å²) in [4.78, 5) is 31.3. The van der Waals surface area contributed by atoms with E-state index in [9.17, 15) is 9.59 Å². The Kier molecular flexibility index (Phi) is 4.14. The van der Waals surface area contributed by atoms with Crippen LogP contribution in [0.5, 0.6) is 0 Å². The van der Waals surface area contributed by atoms with Crippen molar-refractivity contribution in [3.63, 3.8) is 0 Å². The molecule has 0 amide bonds. The van der Waals surface area contributed by atoms with Crippen LogP contribution in [0, 0.1) is 3.57 Å². The molecule has 4 nitrogen and oxygen atoms in total. The molecule has 0 radical (unpaired) electrons. The van der Waals surface area contributed by atoms with E-state index in [1.807, 2.05) is 12.1 Å². The molecule has 0 aliphatic carbocycles. The normalized spacial score (nSPS) is 10.1. The second kappa shape index (κ2) is 5.81. The molecule has 0 unspecified atom stereocenters. The molecule has 90 valence electrons. The van der Waals surface area contributed by atoms with E-state index in [1.54, 1.807) is 18.2 Å². The number of rotatable bonds is 4. The van der Waals surface area contributed by atoms with Gasteiger partial charge < -0.3 is 0 Å². The summed E-state index contributed by atoms with van der Waals surface area (Å²) in [6.45, 7) is 0. The van der Waals surface area contributed by atoms with Gasteiger partial charge in [0.1, 0.15) is 0 Å². The Hall–Kier alpha value is -1.63. The van der Waals surface area contributed by atoms with Crippen molar-refractivity contribution in [3.05, 3.63) is 57.7 Å². The number of benzene rings is 1. The van der Waals surface area contributed by atoms with Crippen LogP contribution in [0.1, 0.15) is 27.4 Å². The number of hydrogen-bond donors (Lipinski definition) is 0. The Bertz CT molecular complexity index is 567. The molecule has 5 heteroatoms. The van der Waals surface area contributed by atoms with Crippen LogP contribution in [0.3, 0.4) is 0 Å². The maximum absolute atomic E-state index is 11.9. The molecule has 0 N–H and O–H groups in total. The first-order valence-electron chi connectivity index (χ1n) is 5.26. The van der Waals surface area contributed by atoms with Crippen LogP contribution < -0.4 is 0 Å². The van der Waals surface area contributed by atoms with Crippen LogP contribution in [0.15, 0.2) is 42.7 Å². The van der Waals surface area contributed by atoms with Crippen molar-refractivity contribution in [3.8, 4) is 0 Å². The summed E-state index contributed by atoms with van der Waals surface area (Å²) >= 11 is 2.16. The Balaban J connectivity index is 2.08. The van der Waals surface area contributed by atoms with Gasteiger partial charge in [0.15, 0.2) is 11.6 Å². The van der Waals surface area contributed by atoms with Gasteiger partial charge >= 0.3 is 0 Å². The number of hydrogen-bond acceptors (Lipinski definition) is 4. The molecule has 0 fully saturated rings. The molecular formula is C13H9IN2O2. The van der Waals surface area contributed by atoms with E-state index in [2.05, 4.69) is 32.6 Å². The number of carbonyl (C=O) groups excluding carboxylic acids is 2. The molecule has 18 heavy (non-hydrogen) atoms. The minimum Gasteiger partial charge on any atom is -0.294 e. The molecule has 1 heterocycles. The van der Waals surface area contributed by atoms with Crippen LogP contribution in [0.4, 0.5) is 0 Å². The largest absolute Gasteiger partial charge is 0.294 e. The van der Waals surface area contributed by atoms with E-state index in [0.717, 1.165) is 3.57 Å². The lowest BCUT2D eigenvalue weighted by molar-refractivity contribution is 0.0888. The monoisotopic (exact) mass is 352 g/mol. The summed E-state index contributed by atoms with van der Waals surface area (Å²) < 4.78 is 1.04. The third-order valence-corrected chi connectivity index (χ3v) is 3.02. The van der Waals surface area contributed by atoms with Crippen molar-refractivity contribution in [2.45, 2.75) is 6.42 Å². The average molecular weight is 352 g/mol. The molecule has 0 atom stereocenters. The zero-order valence-electron chi connectivity index (χ0n) is 9.34. The zero-order valence-corrected chi connectivity index (χ0v) is 11.5. The molecule has 2 rings (SSSR count). The second-order valence-corrected chi connectivity index (χ2v) is 4.85. The van der Waals surface area contributed by atoms with Gasteiger partial charge in [0.2, 0.25) is 5.78 Å². The fourth-order valence-electron chi connectivity index (χ4n) is 1.41. The highest BCUT2D eigenvalue weighted by molar-refractivity contribution is 14.1. The molecule has 0 spiro atoms. The van der Waals surface area contributed by atoms with Gasteiger partial charge in [-0.05, 0) is 40.8 Å². The molecule has 1 aromatic carbocycles. The predicted octanol–water partition coefficient (Wildman–Crippen LogP) is 2.54. The molecule has 1 aromatic heterocycles. The van der Waals surface area contributed by atoms with Gasteiger partial charge in [-0.1, -0.05) is 12.1 Å². The van der Waals surface area contributed by atoms with Crippen molar-refractivity contribution in [2.75, 3.05) is 0 Å². The van der Waals surface area contributed by atoms with Crippen LogP contribution in [-0.4, -0.2) is 21.5 Å². The third-order valence-electron chi connectivity index (χ3n) is 2.30. The molecule has 2 aromatic rings. The number of halogens is 1. The van der Waals surface area contributed by atoms with E-state index >= 15 is 0 Å². The van der Waals surface area contributed by atoms with Crippen molar-refractivity contribution < 1.29 is 9.59 Å². The van der Waals surface area contributed by atoms with Crippen molar-refractivity contribution >= 4 is 34.2 Å². The smallest absolute Gasteiger partial charge is 0.207 e. The summed E-state index contributed by atoms with van der Waals surface area (Å²) in [6.07, 6.45) is 2.76. The highest BCUT2D eigenvalue weighted by Gasteiger charge is 2.15. The van der Waals surface area contributed by atoms with Crippen LogP contribution in [0.2, 0.25) is 0 Å². The van der Waals surface area contributed by atoms with Crippen molar-refractivity contribution in [1.29, 1.82) is 0 Å². The summed E-state index contributed by atoms with van der Waals surface area (Å²) in [6, 6.07) is 8.71. The molecule has 0 saturated carbocycles. The van der Waals surface area contributed by atoms with E-state index in [1.165, 1.54) is 12.4 Å². The quantitative estimate of drug-likeness (QED) is 0.482. The number of Topliss-reactive ketones (excluding diaryl/α,β-unsaturated/α-hetero) is 2. The SMILES string of the molecule is O=C(CC(=O)c1ncccn1)c1ccc(I)cc1. The van der Waals surface area contributed by atoms with Crippen LogP contribution in [-0.2, 0) is 0 Å². The van der Waals surface area contributed by atoms with Crippen LogP contribution >= 0.6 is 22.6 Å². The van der Waals surface area contributed by atoms with Crippen molar-refractivity contribution in [2.24, 2.45) is 0 Å². The van der Waals surface area contributed by atoms with Crippen molar-refractivity contribution in [1.82, 2.24) is 9.97 Å². The summed E-state index contributed by atoms with van der Waals surface area (Å²) in [5, 5.41) is 0. The first-order valence-corrected chi connectivity index (χ1v) is 6.33. The minimum atomic E-state index is -0.362. The Labute approximate surface area is 118 Å². The maximum atomic E-state index is 11.9. The standard InChI is InChI=1S/C13H9IN2O2/c14-10-4-2-9(3-5-10)11(17)8-12(18)13-15-6-1-7-16-13/h1-7H,8H2. The molecule has 0 aliphatic heterocycles. The second-order valence-electron chi connectivity index (χ2n) is 3.60. The molecule has 0 saturated heterocycles. The Morgan fingerprint density at radius 1 is 1.00 bits per heavy atom. The van der Waals surface area contributed by atoms with Gasteiger partial charge in [-0.2, -0.15) is 0 Å². The molecule has 0 bridgehead atoms. The van der Waals surface area contributed by atoms with Gasteiger partial charge in [0.05, 0.1) is 6.42 Å². The number of ketones is 2. The number of nitrogens with zero attached hydrogens (tertiary/aromatic N) is 2. The third kappa shape index (κ3) is 3.19. The molecule has 0 aliphatic rings. The first kappa shape index (κ1) is 12.8. The lowest BCUT2D eigenvalue weighted by Gasteiger charge is -2.00. The highest BCUT2D eigenvalue weighted by atomic mass is 127. The summed E-state index contributed by atoms with van der Waals surface area (Å²) in [5.74, 6) is -0.501. The van der Waals surface area contributed by atoms with Gasteiger partial charge in [0, 0.05) is 21.5 Å². The van der Waals surface area contributed by atoms with Gasteiger partial charge in [-0.3, -0.25) is 9.59 Å². The Morgan fingerprint density at radius 3 is 2.22 bits per heavy atom. The zero-order chi connectivity index (χ0) is 13.0. The number of carbonyl (C=O) groups is 2. The topological polar surface area (TPSA) is 59.9 Å². The van der Waals surface area contributed by atoms with E-state index < -0.39 is 0 Å². The van der Waals surface area contributed by atoms with Gasteiger partial charge in [-0.15, -0.1) is 0 Å². The van der Waals surface area contributed by atoms with E-state index in [0.29, 0.717) is 5.56 Å². The lowest BCUT2D eigenvalue weighted by atomic mass is 10.1. The van der Waals surface area contributed by atoms with Crippen LogP contribution in [0.25, 0.3) is 0 Å². The van der Waals surface area contributed by atoms with E-state index in [4.69, 9.17) is 0 Å². The molecular weight excluding hydrogens is 343 g/mol.